The molecule has 2 unspecified atom stereocenters. The summed E-state index contributed by atoms with van der Waals surface area (Å²) in [5, 5.41) is 0.383. The molecule has 2 bridgehead atoms. The maximum atomic E-state index is 6.35. The van der Waals surface area contributed by atoms with Crippen LogP contribution in [0.3, 0.4) is 0 Å². The molecule has 0 amide bonds. The number of anilines is 1. The van der Waals surface area contributed by atoms with Gasteiger partial charge in [-0.15, -0.1) is 11.6 Å². The molecular formula is C15H19ClN2. The van der Waals surface area contributed by atoms with Crippen LogP contribution in [0.1, 0.15) is 43.4 Å². The molecule has 4 rings (SSSR count). The number of halogens is 1. The molecule has 0 saturated carbocycles. The Balaban J connectivity index is 1.67. The zero-order valence-electron chi connectivity index (χ0n) is 10.6. The van der Waals surface area contributed by atoms with Gasteiger partial charge in [0, 0.05) is 23.2 Å². The highest BCUT2D eigenvalue weighted by Crippen LogP contribution is 2.40. The van der Waals surface area contributed by atoms with Gasteiger partial charge < -0.3 is 4.90 Å². The molecule has 2 fully saturated rings. The Hall–Kier alpha value is -0.760. The summed E-state index contributed by atoms with van der Waals surface area (Å²) in [6.45, 7) is 0. The van der Waals surface area contributed by atoms with Gasteiger partial charge in [-0.25, -0.2) is 4.98 Å². The van der Waals surface area contributed by atoms with Crippen molar-refractivity contribution in [3.05, 3.63) is 23.4 Å². The van der Waals surface area contributed by atoms with Crippen molar-refractivity contribution in [3.8, 4) is 0 Å². The Morgan fingerprint density at radius 1 is 1.11 bits per heavy atom. The molecule has 3 heteroatoms. The topological polar surface area (TPSA) is 16.1 Å². The predicted molar refractivity (Wildman–Crippen MR) is 74.4 cm³/mol. The third kappa shape index (κ3) is 1.65. The summed E-state index contributed by atoms with van der Waals surface area (Å²) < 4.78 is 0. The fourth-order valence-corrected chi connectivity index (χ4v) is 4.45. The zero-order valence-corrected chi connectivity index (χ0v) is 11.4. The minimum Gasteiger partial charge on any atom is -0.351 e. The van der Waals surface area contributed by atoms with E-state index in [2.05, 4.69) is 17.0 Å². The third-order valence-electron chi connectivity index (χ3n) is 4.85. The van der Waals surface area contributed by atoms with Crippen LogP contribution in [0.25, 0.3) is 0 Å². The Kier molecular flexibility index (Phi) is 2.54. The lowest BCUT2D eigenvalue weighted by atomic mass is 10.0. The summed E-state index contributed by atoms with van der Waals surface area (Å²) in [7, 11) is 0. The number of pyridine rings is 1. The normalized spacial score (nSPS) is 33.8. The minimum atomic E-state index is 0.383. The fourth-order valence-electron chi connectivity index (χ4n) is 4.04. The Labute approximate surface area is 113 Å². The lowest BCUT2D eigenvalue weighted by Gasteiger charge is -2.38. The highest BCUT2D eigenvalue weighted by atomic mass is 35.5. The third-order valence-corrected chi connectivity index (χ3v) is 5.21. The fraction of sp³-hybridized carbons (Fsp3) is 0.667. The monoisotopic (exact) mass is 262 g/mol. The first-order valence-corrected chi connectivity index (χ1v) is 7.66. The number of hydrogen-bond donors (Lipinski definition) is 0. The average molecular weight is 263 g/mol. The highest BCUT2D eigenvalue weighted by Gasteiger charge is 2.40. The van der Waals surface area contributed by atoms with E-state index in [1.165, 1.54) is 49.2 Å². The first-order valence-electron chi connectivity index (χ1n) is 7.22. The van der Waals surface area contributed by atoms with Gasteiger partial charge in [0.1, 0.15) is 5.82 Å². The van der Waals surface area contributed by atoms with Crippen molar-refractivity contribution in [3.63, 3.8) is 0 Å². The smallest absolute Gasteiger partial charge is 0.129 e. The van der Waals surface area contributed by atoms with E-state index in [4.69, 9.17) is 16.6 Å². The summed E-state index contributed by atoms with van der Waals surface area (Å²) in [6, 6.07) is 5.82. The van der Waals surface area contributed by atoms with E-state index >= 15 is 0 Å². The van der Waals surface area contributed by atoms with E-state index < -0.39 is 0 Å². The molecule has 2 nitrogen and oxygen atoms in total. The lowest BCUT2D eigenvalue weighted by molar-refractivity contribution is 0.470. The van der Waals surface area contributed by atoms with E-state index in [-0.39, 0.29) is 0 Å². The van der Waals surface area contributed by atoms with Crippen molar-refractivity contribution < 1.29 is 0 Å². The summed E-state index contributed by atoms with van der Waals surface area (Å²) in [5.41, 5.74) is 2.82. The number of nitrogens with zero attached hydrogens (tertiary/aromatic N) is 2. The average Bonchev–Trinajstić information content (AvgIpc) is 2.91. The molecule has 0 N–H and O–H groups in total. The maximum Gasteiger partial charge on any atom is 0.129 e. The van der Waals surface area contributed by atoms with Crippen LogP contribution in [0.5, 0.6) is 0 Å². The van der Waals surface area contributed by atoms with E-state index in [9.17, 15) is 0 Å². The molecule has 2 saturated heterocycles. The molecule has 1 aromatic heterocycles. The molecule has 1 aromatic rings. The van der Waals surface area contributed by atoms with Gasteiger partial charge in [0.25, 0.3) is 0 Å². The number of piperidine rings is 1. The maximum absolute atomic E-state index is 6.35. The highest BCUT2D eigenvalue weighted by molar-refractivity contribution is 6.20. The van der Waals surface area contributed by atoms with Gasteiger partial charge in [0.2, 0.25) is 0 Å². The van der Waals surface area contributed by atoms with Gasteiger partial charge in [-0.05, 0) is 56.6 Å². The van der Waals surface area contributed by atoms with Crippen LogP contribution in [0, 0.1) is 0 Å². The largest absolute Gasteiger partial charge is 0.351 e. The predicted octanol–water partition coefficient (Wildman–Crippen LogP) is 3.31. The van der Waals surface area contributed by atoms with E-state index in [0.29, 0.717) is 17.5 Å². The summed E-state index contributed by atoms with van der Waals surface area (Å²) in [5.74, 6) is 1.21. The zero-order chi connectivity index (χ0) is 12.1. The molecule has 96 valence electrons. The first kappa shape index (κ1) is 11.1. The number of aromatic nitrogens is 1. The first-order chi connectivity index (χ1) is 8.81. The van der Waals surface area contributed by atoms with Crippen LogP contribution in [-0.2, 0) is 12.8 Å². The van der Waals surface area contributed by atoms with Crippen LogP contribution in [0.15, 0.2) is 12.1 Å². The number of alkyl halides is 1. The van der Waals surface area contributed by atoms with Gasteiger partial charge in [-0.1, -0.05) is 6.07 Å². The lowest BCUT2D eigenvalue weighted by Crippen LogP contribution is -2.44. The number of rotatable bonds is 1. The second-order valence-electron chi connectivity index (χ2n) is 5.99. The van der Waals surface area contributed by atoms with E-state index in [0.717, 1.165) is 12.8 Å². The van der Waals surface area contributed by atoms with Crippen LogP contribution in [0.2, 0.25) is 0 Å². The second kappa shape index (κ2) is 4.12. The quantitative estimate of drug-likeness (QED) is 0.722. The molecule has 0 aromatic carbocycles. The van der Waals surface area contributed by atoms with Crippen LogP contribution in [-0.4, -0.2) is 22.4 Å². The van der Waals surface area contributed by atoms with Gasteiger partial charge in [0.15, 0.2) is 0 Å². The van der Waals surface area contributed by atoms with Crippen LogP contribution < -0.4 is 4.90 Å². The Morgan fingerprint density at radius 2 is 1.89 bits per heavy atom. The number of hydrogen-bond acceptors (Lipinski definition) is 2. The number of aryl methyl sites for hydroxylation is 2. The molecule has 2 atom stereocenters. The van der Waals surface area contributed by atoms with Crippen molar-refractivity contribution in [2.24, 2.45) is 0 Å². The van der Waals surface area contributed by atoms with E-state index in [1.807, 2.05) is 0 Å². The van der Waals surface area contributed by atoms with E-state index in [1.54, 1.807) is 0 Å². The SMILES string of the molecule is ClC1CC2CCC(C1)N2c1ccc2c(n1)CCC2. The minimum absolute atomic E-state index is 0.383. The summed E-state index contributed by atoms with van der Waals surface area (Å²) in [4.78, 5) is 7.49. The number of fused-ring (bicyclic) bond motifs is 3. The van der Waals surface area contributed by atoms with Gasteiger partial charge in [-0.3, -0.25) is 0 Å². The molecular weight excluding hydrogens is 244 g/mol. The van der Waals surface area contributed by atoms with Gasteiger partial charge in [-0.2, -0.15) is 0 Å². The summed E-state index contributed by atoms with van der Waals surface area (Å²) >= 11 is 6.35. The molecule has 0 radical (unpaired) electrons. The van der Waals surface area contributed by atoms with Crippen LogP contribution >= 0.6 is 11.6 Å². The van der Waals surface area contributed by atoms with Crippen molar-refractivity contribution in [1.82, 2.24) is 4.98 Å². The Bertz CT molecular complexity index is 460. The van der Waals surface area contributed by atoms with Gasteiger partial charge >= 0.3 is 0 Å². The molecule has 3 aliphatic rings. The van der Waals surface area contributed by atoms with Crippen molar-refractivity contribution in [2.75, 3.05) is 4.90 Å². The van der Waals surface area contributed by atoms with Crippen molar-refractivity contribution in [1.29, 1.82) is 0 Å². The van der Waals surface area contributed by atoms with Crippen molar-refractivity contribution in [2.45, 2.75) is 62.4 Å². The second-order valence-corrected chi connectivity index (χ2v) is 6.61. The molecule has 2 aliphatic heterocycles. The van der Waals surface area contributed by atoms with Crippen molar-refractivity contribution >= 4 is 17.4 Å². The molecule has 3 heterocycles. The summed E-state index contributed by atoms with van der Waals surface area (Å²) in [6.07, 6.45) is 8.54. The molecule has 18 heavy (non-hydrogen) atoms. The standard InChI is InChI=1S/C15H19ClN2/c16-11-8-12-5-6-13(9-11)18(12)15-7-4-10-2-1-3-14(10)17-15/h4,7,11-13H,1-3,5-6,8-9H2. The Morgan fingerprint density at radius 3 is 2.67 bits per heavy atom. The molecule has 0 spiro atoms. The van der Waals surface area contributed by atoms with Crippen LogP contribution in [0.4, 0.5) is 5.82 Å². The van der Waals surface area contributed by atoms with Gasteiger partial charge in [0.05, 0.1) is 0 Å². The molecule has 1 aliphatic carbocycles.